The first kappa shape index (κ1) is 56.2. The highest BCUT2D eigenvalue weighted by atomic mass is 31.2. The van der Waals surface area contributed by atoms with Gasteiger partial charge in [-0.2, -0.15) is 0 Å². The maximum atomic E-state index is 12.6. The minimum Gasteiger partial charge on any atom is -0.480 e. The average molecular weight is 842 g/mol. The van der Waals surface area contributed by atoms with E-state index in [2.05, 4.69) is 50.3 Å². The monoisotopic (exact) mass is 842 g/mol. The molecule has 0 spiro atoms. The summed E-state index contributed by atoms with van der Waals surface area (Å²) in [6, 6.07) is -1.47. The zero-order valence-corrected chi connectivity index (χ0v) is 38.0. The number of carboxylic acids is 1. The number of allylic oxidation sites excluding steroid dienone is 6. The number of nitrogens with two attached hydrogens (primary N) is 1. The first-order chi connectivity index (χ1) is 28.2. The Balaban J connectivity index is 4.19. The Kier molecular flexibility index (Phi) is 41.9. The van der Waals surface area contributed by atoms with Gasteiger partial charge in [0.25, 0.3) is 0 Å². The first-order valence-electron chi connectivity index (χ1n) is 23.5. The summed E-state index contributed by atoms with van der Waals surface area (Å²) in [7, 11) is -4.62. The van der Waals surface area contributed by atoms with Crippen LogP contribution in [-0.2, 0) is 32.7 Å². The van der Waals surface area contributed by atoms with Crippen molar-refractivity contribution in [3.63, 3.8) is 0 Å². The van der Waals surface area contributed by atoms with E-state index < -0.39 is 45.1 Å². The number of phosphoric acid groups is 1. The smallest absolute Gasteiger partial charge is 0.472 e. The number of phosphoric ester groups is 1. The summed E-state index contributed by atoms with van der Waals surface area (Å²) in [5, 5.41) is 8.91. The number of hydrogen-bond acceptors (Lipinski definition) is 8. The first-order valence-corrected chi connectivity index (χ1v) is 25.0. The Morgan fingerprint density at radius 2 is 0.948 bits per heavy atom. The molecule has 0 fully saturated rings. The number of rotatable bonds is 45. The predicted octanol–water partition coefficient (Wildman–Crippen LogP) is 13.3. The van der Waals surface area contributed by atoms with Gasteiger partial charge < -0.3 is 25.2 Å². The number of carbonyl (C=O) groups is 2. The van der Waals surface area contributed by atoms with Crippen LogP contribution in [0.2, 0.25) is 0 Å². The molecule has 10 nitrogen and oxygen atoms in total. The van der Waals surface area contributed by atoms with Crippen molar-refractivity contribution in [3.8, 4) is 0 Å². The summed E-state index contributed by atoms with van der Waals surface area (Å²) in [6.45, 7) is 3.86. The van der Waals surface area contributed by atoms with E-state index in [0.717, 1.165) is 57.8 Å². The molecule has 0 bridgehead atoms. The van der Waals surface area contributed by atoms with Crippen molar-refractivity contribution >= 4 is 19.8 Å². The predicted molar refractivity (Wildman–Crippen MR) is 240 cm³/mol. The summed E-state index contributed by atoms with van der Waals surface area (Å²) in [6.07, 6.45) is 49.1. The number of carboxylic acid groups (broad SMARTS) is 1. The van der Waals surface area contributed by atoms with E-state index in [1.807, 2.05) is 0 Å². The van der Waals surface area contributed by atoms with Gasteiger partial charge in [-0.05, 0) is 70.6 Å². The third kappa shape index (κ3) is 42.3. The van der Waals surface area contributed by atoms with Gasteiger partial charge in [-0.15, -0.1) is 0 Å². The second kappa shape index (κ2) is 43.3. The zero-order chi connectivity index (χ0) is 42.6. The topological polar surface area (TPSA) is 155 Å². The maximum absolute atomic E-state index is 12.6. The van der Waals surface area contributed by atoms with Crippen LogP contribution < -0.4 is 5.73 Å². The molecule has 0 amide bonds. The molecule has 0 aliphatic heterocycles. The Morgan fingerprint density at radius 1 is 0.552 bits per heavy atom. The molecular formula is C47H88NO9P. The molecule has 0 aliphatic carbocycles. The van der Waals surface area contributed by atoms with Crippen LogP contribution in [0.15, 0.2) is 36.5 Å². The van der Waals surface area contributed by atoms with Gasteiger partial charge in [-0.25, -0.2) is 4.57 Å². The van der Waals surface area contributed by atoms with Gasteiger partial charge in [0.15, 0.2) is 0 Å². The summed E-state index contributed by atoms with van der Waals surface area (Å²) < 4.78 is 33.4. The lowest BCUT2D eigenvalue weighted by Gasteiger charge is -2.20. The van der Waals surface area contributed by atoms with E-state index in [1.165, 1.54) is 128 Å². The molecule has 58 heavy (non-hydrogen) atoms. The highest BCUT2D eigenvalue weighted by molar-refractivity contribution is 7.47. The molecule has 3 atom stereocenters. The van der Waals surface area contributed by atoms with Gasteiger partial charge in [-0.3, -0.25) is 18.6 Å². The highest BCUT2D eigenvalue weighted by Crippen LogP contribution is 2.43. The van der Waals surface area contributed by atoms with Gasteiger partial charge in [0, 0.05) is 13.0 Å². The lowest BCUT2D eigenvalue weighted by atomic mass is 10.1. The van der Waals surface area contributed by atoms with Crippen LogP contribution in [0, 0.1) is 0 Å². The van der Waals surface area contributed by atoms with Gasteiger partial charge in [0.1, 0.15) is 12.1 Å². The SMILES string of the molecule is CCCCC/C=C\C/C=C\CCCCCCCCCCCCOCC(COP(=O)(O)OCC(N)C(=O)O)OC(=O)CCCCCCC/C=C\CCCCCCCCC. The Hall–Kier alpha value is -1.81. The van der Waals surface area contributed by atoms with Crippen LogP contribution in [0.4, 0.5) is 0 Å². The lowest BCUT2D eigenvalue weighted by molar-refractivity contribution is -0.154. The van der Waals surface area contributed by atoms with Crippen LogP contribution in [0.3, 0.4) is 0 Å². The van der Waals surface area contributed by atoms with E-state index in [9.17, 15) is 19.0 Å². The molecule has 0 saturated carbocycles. The van der Waals surface area contributed by atoms with Crippen molar-refractivity contribution in [2.24, 2.45) is 5.73 Å². The molecule has 0 rings (SSSR count). The van der Waals surface area contributed by atoms with E-state index in [4.69, 9.17) is 29.4 Å². The second-order valence-corrected chi connectivity index (χ2v) is 17.3. The summed E-state index contributed by atoms with van der Waals surface area (Å²) in [5.41, 5.74) is 5.36. The standard InChI is InChI=1S/C47H88NO9P/c1-3-5-7-9-11-13-15-17-19-21-22-23-24-26-28-30-32-34-36-38-40-54-41-44(42-55-58(52,53)56-43-45(48)47(50)51)57-46(49)39-37-35-33-31-29-27-25-20-18-16-14-12-10-8-6-4-2/h11,13,17,19-20,25,44-45H,3-10,12,14-16,18,21-24,26-43,48H2,1-2H3,(H,50,51)(H,52,53)/b13-11-,19-17-,25-20-. The summed E-state index contributed by atoms with van der Waals surface area (Å²) in [4.78, 5) is 33.6. The third-order valence-corrected chi connectivity index (χ3v) is 11.1. The molecule has 0 aromatic carbocycles. The van der Waals surface area contributed by atoms with Crippen molar-refractivity contribution < 1.29 is 42.7 Å². The quantitative estimate of drug-likeness (QED) is 0.0233. The van der Waals surface area contributed by atoms with Gasteiger partial charge in [0.05, 0.1) is 19.8 Å². The molecule has 0 aromatic rings. The van der Waals surface area contributed by atoms with Crippen LogP contribution in [0.5, 0.6) is 0 Å². The number of unbranched alkanes of at least 4 members (excludes halogenated alkanes) is 25. The van der Waals surface area contributed by atoms with Crippen molar-refractivity contribution in [3.05, 3.63) is 36.5 Å². The highest BCUT2D eigenvalue weighted by Gasteiger charge is 2.27. The summed E-state index contributed by atoms with van der Waals surface area (Å²) in [5.74, 6) is -1.78. The van der Waals surface area contributed by atoms with Crippen LogP contribution >= 0.6 is 7.82 Å². The minimum atomic E-state index is -4.62. The molecule has 340 valence electrons. The fourth-order valence-electron chi connectivity index (χ4n) is 6.45. The van der Waals surface area contributed by atoms with Crippen molar-refractivity contribution in [1.82, 2.24) is 0 Å². The van der Waals surface area contributed by atoms with E-state index in [1.54, 1.807) is 0 Å². The fourth-order valence-corrected chi connectivity index (χ4v) is 7.23. The van der Waals surface area contributed by atoms with Crippen LogP contribution in [0.1, 0.15) is 213 Å². The minimum absolute atomic E-state index is 0.0127. The molecule has 0 heterocycles. The summed E-state index contributed by atoms with van der Waals surface area (Å²) >= 11 is 0. The third-order valence-electron chi connectivity index (χ3n) is 10.1. The largest absolute Gasteiger partial charge is 0.480 e. The molecule has 0 aliphatic rings. The molecule has 0 aromatic heterocycles. The number of esters is 1. The lowest BCUT2D eigenvalue weighted by Crippen LogP contribution is -2.34. The molecular weight excluding hydrogens is 753 g/mol. The number of hydrogen-bond donors (Lipinski definition) is 3. The molecule has 11 heteroatoms. The van der Waals surface area contributed by atoms with Crippen molar-refractivity contribution in [2.75, 3.05) is 26.4 Å². The Morgan fingerprint density at radius 3 is 1.45 bits per heavy atom. The van der Waals surface area contributed by atoms with E-state index in [0.29, 0.717) is 13.0 Å². The zero-order valence-electron chi connectivity index (χ0n) is 37.1. The molecule has 4 N–H and O–H groups in total. The number of aliphatic carboxylic acids is 1. The number of carbonyl (C=O) groups excluding carboxylic acids is 1. The van der Waals surface area contributed by atoms with E-state index in [-0.39, 0.29) is 13.0 Å². The molecule has 0 radical (unpaired) electrons. The van der Waals surface area contributed by atoms with Gasteiger partial charge in [-0.1, -0.05) is 172 Å². The number of ether oxygens (including phenoxy) is 2. The average Bonchev–Trinajstić information content (AvgIpc) is 3.20. The molecule has 0 saturated heterocycles. The van der Waals surface area contributed by atoms with Gasteiger partial charge in [0.2, 0.25) is 0 Å². The van der Waals surface area contributed by atoms with Crippen molar-refractivity contribution in [2.45, 2.75) is 225 Å². The normalized spacial score (nSPS) is 14.1. The Labute approximate surface area is 355 Å². The molecule has 3 unspecified atom stereocenters. The van der Waals surface area contributed by atoms with E-state index >= 15 is 0 Å². The van der Waals surface area contributed by atoms with Crippen molar-refractivity contribution in [1.29, 1.82) is 0 Å². The van der Waals surface area contributed by atoms with Gasteiger partial charge >= 0.3 is 19.8 Å². The second-order valence-electron chi connectivity index (χ2n) is 15.9. The van der Waals surface area contributed by atoms with Crippen LogP contribution in [0.25, 0.3) is 0 Å². The maximum Gasteiger partial charge on any atom is 0.472 e. The Bertz CT molecular complexity index is 1070. The van der Waals surface area contributed by atoms with Crippen LogP contribution in [-0.4, -0.2) is 60.5 Å². The fraction of sp³-hybridized carbons (Fsp3) is 0.830.